The Bertz CT molecular complexity index is 553. The molecule has 1 aliphatic heterocycles. The second-order valence-corrected chi connectivity index (χ2v) is 6.40. The highest BCUT2D eigenvalue weighted by atomic mass is 16.5. The molecule has 0 saturated carbocycles. The molecule has 2 rings (SSSR count). The third kappa shape index (κ3) is 5.56. The monoisotopic (exact) mass is 334 g/mol. The zero-order valence-electron chi connectivity index (χ0n) is 14.6. The molecule has 7 nitrogen and oxygen atoms in total. The van der Waals surface area contributed by atoms with Crippen LogP contribution in [0.1, 0.15) is 49.3 Å². The second kappa shape index (κ2) is 8.73. The first-order chi connectivity index (χ1) is 11.5. The lowest BCUT2D eigenvalue weighted by Crippen LogP contribution is -2.41. The molecule has 132 valence electrons. The van der Waals surface area contributed by atoms with Crippen molar-refractivity contribution in [2.24, 2.45) is 0 Å². The number of amides is 2. The maximum Gasteiger partial charge on any atom is 0.274 e. The number of aryl methyl sites for hydroxylation is 1. The molecule has 7 heteroatoms. The molecular weight excluding hydrogens is 308 g/mol. The first-order valence-corrected chi connectivity index (χ1v) is 8.44. The molecule has 1 saturated heterocycles. The van der Waals surface area contributed by atoms with Gasteiger partial charge in [-0.15, -0.1) is 0 Å². The molecule has 0 radical (unpaired) electrons. The van der Waals surface area contributed by atoms with Crippen molar-refractivity contribution in [2.45, 2.75) is 52.2 Å². The van der Waals surface area contributed by atoms with E-state index in [9.17, 15) is 9.59 Å². The summed E-state index contributed by atoms with van der Waals surface area (Å²) in [5.74, 6) is -0.277. The van der Waals surface area contributed by atoms with Gasteiger partial charge in [-0.05, 0) is 33.6 Å². The third-order valence-corrected chi connectivity index (χ3v) is 3.79. The minimum absolute atomic E-state index is 0.0283. The summed E-state index contributed by atoms with van der Waals surface area (Å²) in [7, 11) is 0. The van der Waals surface area contributed by atoms with Crippen molar-refractivity contribution in [3.63, 3.8) is 0 Å². The Morgan fingerprint density at radius 2 is 2.17 bits per heavy atom. The number of nitrogens with one attached hydrogen (secondary N) is 1. The minimum Gasteiger partial charge on any atom is -0.376 e. The van der Waals surface area contributed by atoms with E-state index in [-0.39, 0.29) is 30.4 Å². The fourth-order valence-electron chi connectivity index (χ4n) is 2.61. The standard InChI is InChI=1S/C17H26N4O3/c1-12(2)20-16(22)6-7-21(11-14-5-4-8-24-14)17(23)15-10-18-13(3)9-19-15/h9-10,12,14H,4-8,11H2,1-3H3,(H,20,22)/t14-/m0/s1. The average Bonchev–Trinajstić information content (AvgIpc) is 3.04. The maximum absolute atomic E-state index is 12.7. The van der Waals surface area contributed by atoms with Crippen molar-refractivity contribution in [1.82, 2.24) is 20.2 Å². The van der Waals surface area contributed by atoms with E-state index in [0.29, 0.717) is 18.8 Å². The summed E-state index contributed by atoms with van der Waals surface area (Å²) in [5, 5.41) is 2.84. The molecule has 2 amide bonds. The predicted octanol–water partition coefficient (Wildman–Crippen LogP) is 1.32. The number of hydrogen-bond donors (Lipinski definition) is 1. The molecule has 1 aromatic rings. The Morgan fingerprint density at radius 3 is 2.75 bits per heavy atom. The maximum atomic E-state index is 12.7. The molecule has 1 atom stereocenters. The predicted molar refractivity (Wildman–Crippen MR) is 89.5 cm³/mol. The van der Waals surface area contributed by atoms with E-state index in [0.717, 1.165) is 25.1 Å². The van der Waals surface area contributed by atoms with Crippen LogP contribution in [-0.4, -0.2) is 58.5 Å². The summed E-state index contributed by atoms with van der Waals surface area (Å²) in [6, 6.07) is 0.0859. The Hall–Kier alpha value is -2.02. The van der Waals surface area contributed by atoms with Gasteiger partial charge in [-0.25, -0.2) is 4.98 Å². The second-order valence-electron chi connectivity index (χ2n) is 6.40. The number of carbonyl (C=O) groups excluding carboxylic acids is 2. The highest BCUT2D eigenvalue weighted by molar-refractivity contribution is 5.92. The Kier molecular flexibility index (Phi) is 6.66. The fraction of sp³-hybridized carbons (Fsp3) is 0.647. The van der Waals surface area contributed by atoms with Gasteiger partial charge < -0.3 is 15.0 Å². The van der Waals surface area contributed by atoms with Gasteiger partial charge in [0.05, 0.1) is 18.0 Å². The molecule has 0 unspecified atom stereocenters. The van der Waals surface area contributed by atoms with Gasteiger partial charge in [0, 0.05) is 38.4 Å². The number of rotatable bonds is 7. The van der Waals surface area contributed by atoms with Gasteiger partial charge >= 0.3 is 0 Å². The number of aromatic nitrogens is 2. The van der Waals surface area contributed by atoms with E-state index < -0.39 is 0 Å². The van der Waals surface area contributed by atoms with Crippen molar-refractivity contribution >= 4 is 11.8 Å². The van der Waals surface area contributed by atoms with Gasteiger partial charge in [0.1, 0.15) is 5.69 Å². The zero-order valence-corrected chi connectivity index (χ0v) is 14.6. The lowest BCUT2D eigenvalue weighted by Gasteiger charge is -2.25. The summed E-state index contributed by atoms with van der Waals surface area (Å²) in [5.41, 5.74) is 1.05. The van der Waals surface area contributed by atoms with Crippen molar-refractivity contribution in [2.75, 3.05) is 19.7 Å². The molecule has 24 heavy (non-hydrogen) atoms. The highest BCUT2D eigenvalue weighted by Crippen LogP contribution is 2.15. The van der Waals surface area contributed by atoms with E-state index >= 15 is 0 Å². The van der Waals surface area contributed by atoms with Crippen LogP contribution in [0.15, 0.2) is 12.4 Å². The zero-order chi connectivity index (χ0) is 17.5. The van der Waals surface area contributed by atoms with Crippen LogP contribution in [0.2, 0.25) is 0 Å². The molecule has 1 aromatic heterocycles. The van der Waals surface area contributed by atoms with E-state index in [2.05, 4.69) is 15.3 Å². The van der Waals surface area contributed by atoms with Gasteiger partial charge in [0.15, 0.2) is 0 Å². The van der Waals surface area contributed by atoms with Crippen LogP contribution in [0.25, 0.3) is 0 Å². The molecule has 0 aromatic carbocycles. The molecule has 2 heterocycles. The van der Waals surface area contributed by atoms with Crippen LogP contribution in [0.3, 0.4) is 0 Å². The normalized spacial score (nSPS) is 17.1. The lowest BCUT2D eigenvalue weighted by molar-refractivity contribution is -0.121. The van der Waals surface area contributed by atoms with Gasteiger partial charge in [0.2, 0.25) is 5.91 Å². The smallest absolute Gasteiger partial charge is 0.274 e. The number of carbonyl (C=O) groups is 2. The minimum atomic E-state index is -0.213. The molecule has 0 bridgehead atoms. The fourth-order valence-corrected chi connectivity index (χ4v) is 2.61. The van der Waals surface area contributed by atoms with Gasteiger partial charge in [-0.1, -0.05) is 0 Å². The van der Waals surface area contributed by atoms with Crippen LogP contribution in [0.4, 0.5) is 0 Å². The SMILES string of the molecule is Cc1cnc(C(=O)N(CCC(=O)NC(C)C)C[C@@H]2CCCO2)cn1. The van der Waals surface area contributed by atoms with Crippen LogP contribution in [-0.2, 0) is 9.53 Å². The molecule has 0 aliphatic carbocycles. The summed E-state index contributed by atoms with van der Waals surface area (Å²) in [6.07, 6.45) is 5.28. The molecule has 1 fully saturated rings. The number of hydrogen-bond acceptors (Lipinski definition) is 5. The van der Waals surface area contributed by atoms with E-state index in [1.54, 1.807) is 11.1 Å². The van der Waals surface area contributed by atoms with E-state index in [1.165, 1.54) is 6.20 Å². The first kappa shape index (κ1) is 18.3. The van der Waals surface area contributed by atoms with Gasteiger partial charge in [0.25, 0.3) is 5.91 Å². The van der Waals surface area contributed by atoms with Crippen molar-refractivity contribution < 1.29 is 14.3 Å². The first-order valence-electron chi connectivity index (χ1n) is 8.44. The quantitative estimate of drug-likeness (QED) is 0.813. The van der Waals surface area contributed by atoms with Crippen LogP contribution in [0, 0.1) is 6.92 Å². The summed E-state index contributed by atoms with van der Waals surface area (Å²) >= 11 is 0. The number of ether oxygens (including phenoxy) is 1. The van der Waals surface area contributed by atoms with Crippen LogP contribution in [0.5, 0.6) is 0 Å². The molecular formula is C17H26N4O3. The third-order valence-electron chi connectivity index (χ3n) is 3.79. The Balaban J connectivity index is 2.02. The van der Waals surface area contributed by atoms with E-state index in [1.807, 2.05) is 20.8 Å². The van der Waals surface area contributed by atoms with Crippen LogP contribution < -0.4 is 5.32 Å². The number of nitrogens with zero attached hydrogens (tertiary/aromatic N) is 3. The Labute approximate surface area is 142 Å². The molecule has 0 spiro atoms. The van der Waals surface area contributed by atoms with Crippen molar-refractivity contribution in [1.29, 1.82) is 0 Å². The summed E-state index contributed by atoms with van der Waals surface area (Å²) in [6.45, 7) is 7.19. The van der Waals surface area contributed by atoms with Gasteiger partial charge in [-0.3, -0.25) is 14.6 Å². The van der Waals surface area contributed by atoms with E-state index in [4.69, 9.17) is 4.74 Å². The van der Waals surface area contributed by atoms with Crippen molar-refractivity contribution in [3.8, 4) is 0 Å². The molecule has 1 aliphatic rings. The topological polar surface area (TPSA) is 84.4 Å². The highest BCUT2D eigenvalue weighted by Gasteiger charge is 2.24. The lowest BCUT2D eigenvalue weighted by atomic mass is 10.2. The summed E-state index contributed by atoms with van der Waals surface area (Å²) < 4.78 is 5.63. The Morgan fingerprint density at radius 1 is 1.38 bits per heavy atom. The summed E-state index contributed by atoms with van der Waals surface area (Å²) in [4.78, 5) is 34.5. The largest absolute Gasteiger partial charge is 0.376 e. The molecule has 1 N–H and O–H groups in total. The van der Waals surface area contributed by atoms with Crippen molar-refractivity contribution in [3.05, 3.63) is 23.8 Å². The van der Waals surface area contributed by atoms with Crippen LogP contribution >= 0.6 is 0 Å². The van der Waals surface area contributed by atoms with Gasteiger partial charge in [-0.2, -0.15) is 0 Å². The average molecular weight is 334 g/mol.